The van der Waals surface area contributed by atoms with Crippen molar-refractivity contribution in [3.63, 3.8) is 0 Å². The van der Waals surface area contributed by atoms with Crippen molar-refractivity contribution < 1.29 is 0 Å². The molecule has 0 unspecified atom stereocenters. The number of aryl methyl sites for hydroxylation is 1. The van der Waals surface area contributed by atoms with Crippen LogP contribution in [0.4, 0.5) is 0 Å². The van der Waals surface area contributed by atoms with Gasteiger partial charge in [0.2, 0.25) is 0 Å². The molecule has 2 heteroatoms. The number of nitrogens with one attached hydrogen (secondary N) is 1. The zero-order chi connectivity index (χ0) is 10.0. The molecular formula is C12H20N2. The molecule has 1 aromatic rings. The fraction of sp³-hybridized carbons (Fsp3) is 0.667. The van der Waals surface area contributed by atoms with E-state index in [0.29, 0.717) is 5.41 Å². The van der Waals surface area contributed by atoms with Gasteiger partial charge >= 0.3 is 0 Å². The standard InChI is InChI=1S/C12H20N2/c1-12(6-4-7-12)10-13-9-11-5-3-8-14(11)2/h3,5,8,13H,4,6-7,9-10H2,1-2H3. The largest absolute Gasteiger partial charge is 0.353 e. The van der Waals surface area contributed by atoms with Crippen LogP contribution in [0.3, 0.4) is 0 Å². The van der Waals surface area contributed by atoms with Crippen molar-refractivity contribution in [2.24, 2.45) is 12.5 Å². The first-order valence-electron chi connectivity index (χ1n) is 5.51. The third-order valence-corrected chi connectivity index (χ3v) is 3.47. The van der Waals surface area contributed by atoms with Gasteiger partial charge in [-0.2, -0.15) is 0 Å². The molecule has 14 heavy (non-hydrogen) atoms. The fourth-order valence-corrected chi connectivity index (χ4v) is 2.13. The Morgan fingerprint density at radius 1 is 1.50 bits per heavy atom. The summed E-state index contributed by atoms with van der Waals surface area (Å²) in [6.07, 6.45) is 6.31. The third kappa shape index (κ3) is 2.01. The van der Waals surface area contributed by atoms with Gasteiger partial charge in [-0.15, -0.1) is 0 Å². The molecule has 0 bridgehead atoms. The molecule has 1 N–H and O–H groups in total. The predicted octanol–water partition coefficient (Wildman–Crippen LogP) is 2.30. The van der Waals surface area contributed by atoms with E-state index in [1.807, 2.05) is 0 Å². The average Bonchev–Trinajstić information content (AvgIpc) is 2.49. The van der Waals surface area contributed by atoms with Crippen molar-refractivity contribution in [2.75, 3.05) is 6.54 Å². The maximum atomic E-state index is 3.55. The molecule has 1 aliphatic carbocycles. The molecule has 2 rings (SSSR count). The van der Waals surface area contributed by atoms with Gasteiger partial charge in [0.1, 0.15) is 0 Å². The molecule has 1 heterocycles. The second-order valence-electron chi connectivity index (χ2n) is 4.88. The summed E-state index contributed by atoms with van der Waals surface area (Å²) < 4.78 is 2.18. The van der Waals surface area contributed by atoms with E-state index in [9.17, 15) is 0 Å². The molecule has 0 radical (unpaired) electrons. The van der Waals surface area contributed by atoms with Crippen LogP contribution in [0.2, 0.25) is 0 Å². The number of aromatic nitrogens is 1. The summed E-state index contributed by atoms with van der Waals surface area (Å²) in [6, 6.07) is 4.28. The summed E-state index contributed by atoms with van der Waals surface area (Å²) in [7, 11) is 2.10. The smallest absolute Gasteiger partial charge is 0.0359 e. The number of hydrogen-bond donors (Lipinski definition) is 1. The highest BCUT2D eigenvalue weighted by molar-refractivity contribution is 5.06. The van der Waals surface area contributed by atoms with Gasteiger partial charge in [-0.25, -0.2) is 0 Å². The Hall–Kier alpha value is -0.760. The van der Waals surface area contributed by atoms with Crippen LogP contribution in [0.15, 0.2) is 18.3 Å². The lowest BCUT2D eigenvalue weighted by Gasteiger charge is -2.38. The van der Waals surface area contributed by atoms with Crippen molar-refractivity contribution in [3.8, 4) is 0 Å². The summed E-state index contributed by atoms with van der Waals surface area (Å²) >= 11 is 0. The Bertz CT molecular complexity index is 297. The van der Waals surface area contributed by atoms with Crippen LogP contribution in [0.25, 0.3) is 0 Å². The zero-order valence-electron chi connectivity index (χ0n) is 9.21. The van der Waals surface area contributed by atoms with E-state index < -0.39 is 0 Å². The van der Waals surface area contributed by atoms with Crippen LogP contribution in [-0.2, 0) is 13.6 Å². The first-order valence-corrected chi connectivity index (χ1v) is 5.51. The molecule has 0 amide bonds. The van der Waals surface area contributed by atoms with Crippen molar-refractivity contribution in [1.29, 1.82) is 0 Å². The van der Waals surface area contributed by atoms with Gasteiger partial charge in [0.25, 0.3) is 0 Å². The monoisotopic (exact) mass is 192 g/mol. The minimum Gasteiger partial charge on any atom is -0.353 e. The van der Waals surface area contributed by atoms with Gasteiger partial charge in [0, 0.05) is 32.0 Å². The summed E-state index contributed by atoms with van der Waals surface area (Å²) in [5, 5.41) is 3.55. The minimum absolute atomic E-state index is 0.588. The molecule has 0 spiro atoms. The molecule has 0 atom stereocenters. The van der Waals surface area contributed by atoms with Crippen LogP contribution in [0.1, 0.15) is 31.9 Å². The Balaban J connectivity index is 1.75. The van der Waals surface area contributed by atoms with Gasteiger partial charge in [0.05, 0.1) is 0 Å². The molecule has 2 nitrogen and oxygen atoms in total. The van der Waals surface area contributed by atoms with E-state index in [0.717, 1.165) is 13.1 Å². The Labute approximate surface area is 86.3 Å². The zero-order valence-corrected chi connectivity index (χ0v) is 9.21. The van der Waals surface area contributed by atoms with E-state index in [4.69, 9.17) is 0 Å². The number of nitrogens with zero attached hydrogens (tertiary/aromatic N) is 1. The Morgan fingerprint density at radius 2 is 2.29 bits per heavy atom. The Kier molecular flexibility index (Phi) is 2.64. The van der Waals surface area contributed by atoms with E-state index in [1.54, 1.807) is 0 Å². The number of hydrogen-bond acceptors (Lipinski definition) is 1. The van der Waals surface area contributed by atoms with Gasteiger partial charge in [-0.05, 0) is 30.4 Å². The van der Waals surface area contributed by atoms with E-state index in [1.165, 1.54) is 25.0 Å². The fourth-order valence-electron chi connectivity index (χ4n) is 2.13. The van der Waals surface area contributed by atoms with Crippen LogP contribution in [-0.4, -0.2) is 11.1 Å². The second kappa shape index (κ2) is 3.77. The maximum Gasteiger partial charge on any atom is 0.0359 e. The molecule has 1 fully saturated rings. The van der Waals surface area contributed by atoms with Crippen molar-refractivity contribution in [1.82, 2.24) is 9.88 Å². The lowest BCUT2D eigenvalue weighted by Crippen LogP contribution is -2.37. The lowest BCUT2D eigenvalue weighted by atomic mass is 9.70. The Morgan fingerprint density at radius 3 is 2.79 bits per heavy atom. The lowest BCUT2D eigenvalue weighted by molar-refractivity contribution is 0.156. The molecular weight excluding hydrogens is 172 g/mol. The molecule has 0 aliphatic heterocycles. The topological polar surface area (TPSA) is 17.0 Å². The van der Waals surface area contributed by atoms with Gasteiger partial charge in [-0.3, -0.25) is 0 Å². The maximum absolute atomic E-state index is 3.55. The van der Waals surface area contributed by atoms with Crippen LogP contribution < -0.4 is 5.32 Å². The van der Waals surface area contributed by atoms with Crippen LogP contribution >= 0.6 is 0 Å². The normalized spacial score (nSPS) is 19.3. The minimum atomic E-state index is 0.588. The highest BCUT2D eigenvalue weighted by Crippen LogP contribution is 2.39. The quantitative estimate of drug-likeness (QED) is 0.774. The molecule has 0 aromatic carbocycles. The summed E-state index contributed by atoms with van der Waals surface area (Å²) in [4.78, 5) is 0. The predicted molar refractivity (Wildman–Crippen MR) is 59.1 cm³/mol. The molecule has 1 aliphatic rings. The summed E-state index contributed by atoms with van der Waals surface area (Å²) in [5.74, 6) is 0. The van der Waals surface area contributed by atoms with Gasteiger partial charge in [0.15, 0.2) is 0 Å². The molecule has 1 aromatic heterocycles. The van der Waals surface area contributed by atoms with Crippen molar-refractivity contribution in [2.45, 2.75) is 32.7 Å². The van der Waals surface area contributed by atoms with E-state index in [-0.39, 0.29) is 0 Å². The van der Waals surface area contributed by atoms with E-state index >= 15 is 0 Å². The molecule has 0 saturated heterocycles. The highest BCUT2D eigenvalue weighted by Gasteiger charge is 2.30. The molecule has 1 saturated carbocycles. The molecule has 78 valence electrons. The van der Waals surface area contributed by atoms with Crippen LogP contribution in [0.5, 0.6) is 0 Å². The van der Waals surface area contributed by atoms with Crippen molar-refractivity contribution in [3.05, 3.63) is 24.0 Å². The van der Waals surface area contributed by atoms with Gasteiger partial charge in [-0.1, -0.05) is 13.3 Å². The van der Waals surface area contributed by atoms with Crippen LogP contribution in [0, 0.1) is 5.41 Å². The first kappa shape index (κ1) is 9.78. The van der Waals surface area contributed by atoms with E-state index in [2.05, 4.69) is 42.2 Å². The van der Waals surface area contributed by atoms with Crippen molar-refractivity contribution >= 4 is 0 Å². The summed E-state index contributed by atoms with van der Waals surface area (Å²) in [5.41, 5.74) is 1.96. The third-order valence-electron chi connectivity index (χ3n) is 3.47. The highest BCUT2D eigenvalue weighted by atomic mass is 15.0. The SMILES string of the molecule is Cn1cccc1CNCC1(C)CCC1. The first-order chi connectivity index (χ1) is 6.70. The average molecular weight is 192 g/mol. The second-order valence-corrected chi connectivity index (χ2v) is 4.88. The number of rotatable bonds is 4. The summed E-state index contributed by atoms with van der Waals surface area (Å²) in [6.45, 7) is 4.55. The van der Waals surface area contributed by atoms with Gasteiger partial charge < -0.3 is 9.88 Å².